The number of likely N-dealkylation sites (tertiary alicyclic amines) is 1. The fourth-order valence-corrected chi connectivity index (χ4v) is 2.84. The SMILES string of the molecule is NC(CCCNC(=O)C1=CCC=CN=C1Cl)C(=O)N1CCCC1. The molecule has 126 valence electrons. The third-order valence-corrected chi connectivity index (χ3v) is 4.23. The molecule has 3 N–H and O–H groups in total. The Labute approximate surface area is 141 Å². The molecule has 2 heterocycles. The maximum atomic E-state index is 12.1. The molecular weight excluding hydrogens is 316 g/mol. The second-order valence-electron chi connectivity index (χ2n) is 5.70. The zero-order chi connectivity index (χ0) is 16.7. The van der Waals surface area contributed by atoms with Crippen LogP contribution < -0.4 is 11.1 Å². The number of halogens is 1. The number of nitrogens with two attached hydrogens (primary N) is 1. The molecule has 0 spiro atoms. The first-order valence-electron chi connectivity index (χ1n) is 8.01. The summed E-state index contributed by atoms with van der Waals surface area (Å²) in [4.78, 5) is 29.9. The van der Waals surface area contributed by atoms with Crippen molar-refractivity contribution in [2.75, 3.05) is 19.6 Å². The largest absolute Gasteiger partial charge is 0.352 e. The van der Waals surface area contributed by atoms with E-state index in [0.29, 0.717) is 31.4 Å². The van der Waals surface area contributed by atoms with Gasteiger partial charge in [0.25, 0.3) is 5.91 Å². The van der Waals surface area contributed by atoms with Gasteiger partial charge in [0.05, 0.1) is 11.6 Å². The number of carbonyl (C=O) groups excluding carboxylic acids is 2. The van der Waals surface area contributed by atoms with Gasteiger partial charge >= 0.3 is 0 Å². The number of hydrogen-bond acceptors (Lipinski definition) is 4. The van der Waals surface area contributed by atoms with Crippen molar-refractivity contribution in [2.24, 2.45) is 10.7 Å². The molecule has 6 nitrogen and oxygen atoms in total. The molecule has 7 heteroatoms. The van der Waals surface area contributed by atoms with Crippen molar-refractivity contribution >= 4 is 28.6 Å². The maximum Gasteiger partial charge on any atom is 0.254 e. The van der Waals surface area contributed by atoms with Gasteiger partial charge < -0.3 is 16.0 Å². The number of nitrogens with zero attached hydrogens (tertiary/aromatic N) is 2. The number of rotatable bonds is 6. The summed E-state index contributed by atoms with van der Waals surface area (Å²) in [6, 6.07) is -0.489. The zero-order valence-electron chi connectivity index (χ0n) is 13.1. The summed E-state index contributed by atoms with van der Waals surface area (Å²) in [6.45, 7) is 2.07. The summed E-state index contributed by atoms with van der Waals surface area (Å²) in [5.74, 6) is -0.233. The Hall–Kier alpha value is -1.66. The van der Waals surface area contributed by atoms with Gasteiger partial charge in [0.15, 0.2) is 0 Å². The van der Waals surface area contributed by atoms with Crippen LogP contribution in [0.4, 0.5) is 0 Å². The molecular formula is C16H23ClN4O2. The molecule has 1 unspecified atom stereocenters. The lowest BCUT2D eigenvalue weighted by Crippen LogP contribution is -2.42. The number of carbonyl (C=O) groups is 2. The third-order valence-electron chi connectivity index (χ3n) is 3.93. The van der Waals surface area contributed by atoms with Gasteiger partial charge in [0, 0.05) is 25.8 Å². The van der Waals surface area contributed by atoms with Crippen molar-refractivity contribution in [3.05, 3.63) is 23.9 Å². The Morgan fingerprint density at radius 1 is 1.39 bits per heavy atom. The van der Waals surface area contributed by atoms with Gasteiger partial charge in [-0.05, 0) is 32.1 Å². The quantitative estimate of drug-likeness (QED) is 0.716. The molecule has 0 saturated carbocycles. The minimum absolute atomic E-state index is 0.0153. The lowest BCUT2D eigenvalue weighted by molar-refractivity contribution is -0.131. The molecule has 2 aliphatic heterocycles. The standard InChI is InChI=1S/C16H23ClN4O2/c17-14-12(6-1-2-8-19-14)15(22)20-9-5-7-13(18)16(23)21-10-3-4-11-21/h2,6,8,13H,1,3-5,7,9-11,18H2,(H,20,22). The van der Waals surface area contributed by atoms with E-state index >= 15 is 0 Å². The van der Waals surface area contributed by atoms with Crippen molar-refractivity contribution < 1.29 is 9.59 Å². The van der Waals surface area contributed by atoms with Gasteiger partial charge in [-0.1, -0.05) is 23.8 Å². The van der Waals surface area contributed by atoms with Crippen molar-refractivity contribution in [1.29, 1.82) is 0 Å². The van der Waals surface area contributed by atoms with E-state index in [0.717, 1.165) is 25.9 Å². The van der Waals surface area contributed by atoms with Crippen molar-refractivity contribution in [3.8, 4) is 0 Å². The molecule has 0 bridgehead atoms. The molecule has 23 heavy (non-hydrogen) atoms. The van der Waals surface area contributed by atoms with E-state index in [2.05, 4.69) is 10.3 Å². The summed E-state index contributed by atoms with van der Waals surface area (Å²) in [5.41, 5.74) is 6.32. The van der Waals surface area contributed by atoms with E-state index in [1.54, 1.807) is 12.3 Å². The van der Waals surface area contributed by atoms with Crippen LogP contribution in [0.2, 0.25) is 0 Å². The van der Waals surface area contributed by atoms with Crippen LogP contribution >= 0.6 is 11.6 Å². The second kappa shape index (κ2) is 8.84. The number of nitrogens with one attached hydrogen (secondary N) is 1. The highest BCUT2D eigenvalue weighted by Crippen LogP contribution is 2.11. The van der Waals surface area contributed by atoms with E-state index in [1.165, 1.54) is 0 Å². The molecule has 0 aromatic heterocycles. The molecule has 0 radical (unpaired) electrons. The van der Waals surface area contributed by atoms with Crippen molar-refractivity contribution in [2.45, 2.75) is 38.1 Å². The first kappa shape index (κ1) is 17.7. The van der Waals surface area contributed by atoms with E-state index in [1.807, 2.05) is 11.0 Å². The van der Waals surface area contributed by atoms with Crippen LogP contribution in [0.1, 0.15) is 32.1 Å². The number of amides is 2. The monoisotopic (exact) mass is 338 g/mol. The van der Waals surface area contributed by atoms with Crippen LogP contribution in [0, 0.1) is 0 Å². The zero-order valence-corrected chi connectivity index (χ0v) is 13.9. The number of allylic oxidation sites excluding steroid dienone is 2. The van der Waals surface area contributed by atoms with Crippen LogP contribution in [0.5, 0.6) is 0 Å². The Bertz CT molecular complexity index is 536. The fourth-order valence-electron chi connectivity index (χ4n) is 2.62. The summed E-state index contributed by atoms with van der Waals surface area (Å²) < 4.78 is 0. The minimum Gasteiger partial charge on any atom is -0.352 e. The average Bonchev–Trinajstić information content (AvgIpc) is 2.99. The Balaban J connectivity index is 1.69. The molecule has 0 aromatic carbocycles. The van der Waals surface area contributed by atoms with Gasteiger partial charge in [-0.3, -0.25) is 9.59 Å². The summed E-state index contributed by atoms with van der Waals surface area (Å²) in [6.07, 6.45) is 9.09. The Morgan fingerprint density at radius 2 is 2.13 bits per heavy atom. The lowest BCUT2D eigenvalue weighted by Gasteiger charge is -2.20. The van der Waals surface area contributed by atoms with Crippen LogP contribution in [-0.4, -0.2) is 47.6 Å². The van der Waals surface area contributed by atoms with E-state index in [9.17, 15) is 9.59 Å². The second-order valence-corrected chi connectivity index (χ2v) is 6.05. The third kappa shape index (κ3) is 5.18. The highest BCUT2D eigenvalue weighted by atomic mass is 35.5. The summed E-state index contributed by atoms with van der Waals surface area (Å²) >= 11 is 5.96. The van der Waals surface area contributed by atoms with E-state index in [-0.39, 0.29) is 17.0 Å². The van der Waals surface area contributed by atoms with E-state index in [4.69, 9.17) is 17.3 Å². The predicted molar refractivity (Wildman–Crippen MR) is 91.2 cm³/mol. The van der Waals surface area contributed by atoms with Crippen molar-refractivity contribution in [3.63, 3.8) is 0 Å². The summed E-state index contributed by atoms with van der Waals surface area (Å²) in [7, 11) is 0. The van der Waals surface area contributed by atoms with E-state index < -0.39 is 6.04 Å². The number of aliphatic imine (C=N–C) groups is 1. The Morgan fingerprint density at radius 3 is 2.87 bits per heavy atom. The van der Waals surface area contributed by atoms with Crippen LogP contribution in [0.15, 0.2) is 28.9 Å². The molecule has 0 aromatic rings. The first-order valence-corrected chi connectivity index (χ1v) is 8.39. The van der Waals surface area contributed by atoms with Crippen LogP contribution in [-0.2, 0) is 9.59 Å². The summed E-state index contributed by atoms with van der Waals surface area (Å²) in [5, 5.41) is 2.99. The molecule has 2 aliphatic rings. The average molecular weight is 339 g/mol. The van der Waals surface area contributed by atoms with Crippen LogP contribution in [0.25, 0.3) is 0 Å². The molecule has 2 rings (SSSR count). The van der Waals surface area contributed by atoms with Gasteiger partial charge in [0.1, 0.15) is 5.17 Å². The minimum atomic E-state index is -0.489. The smallest absolute Gasteiger partial charge is 0.254 e. The normalized spacial score (nSPS) is 19.0. The predicted octanol–water partition coefficient (Wildman–Crippen LogP) is 1.31. The van der Waals surface area contributed by atoms with Gasteiger partial charge in [-0.25, -0.2) is 4.99 Å². The maximum absolute atomic E-state index is 12.1. The highest BCUT2D eigenvalue weighted by Gasteiger charge is 2.23. The molecule has 1 atom stereocenters. The fraction of sp³-hybridized carbons (Fsp3) is 0.562. The highest BCUT2D eigenvalue weighted by molar-refractivity contribution is 6.72. The molecule has 1 fully saturated rings. The molecule has 1 saturated heterocycles. The number of hydrogen-bond donors (Lipinski definition) is 2. The molecule has 2 amide bonds. The first-order chi connectivity index (χ1) is 11.1. The molecule has 0 aliphatic carbocycles. The van der Waals surface area contributed by atoms with Gasteiger partial charge in [-0.15, -0.1) is 0 Å². The Kier molecular flexibility index (Phi) is 6.80. The van der Waals surface area contributed by atoms with Crippen LogP contribution in [0.3, 0.4) is 0 Å². The van der Waals surface area contributed by atoms with Crippen molar-refractivity contribution in [1.82, 2.24) is 10.2 Å². The lowest BCUT2D eigenvalue weighted by atomic mass is 10.1. The topological polar surface area (TPSA) is 87.8 Å². The van der Waals surface area contributed by atoms with Gasteiger partial charge in [0.2, 0.25) is 5.91 Å². The van der Waals surface area contributed by atoms with Gasteiger partial charge in [-0.2, -0.15) is 0 Å².